The van der Waals surface area contributed by atoms with E-state index in [2.05, 4.69) is 36.5 Å². The fourth-order valence-corrected chi connectivity index (χ4v) is 2.13. The Bertz CT molecular complexity index is 408. The number of allylic oxidation sites excluding steroid dienone is 2. The van der Waals surface area contributed by atoms with Crippen molar-refractivity contribution in [3.05, 3.63) is 47.7 Å². The van der Waals surface area contributed by atoms with Crippen LogP contribution < -0.4 is 5.32 Å². The number of aryl methyl sites for hydroxylation is 1. The molecule has 1 aromatic rings. The molecule has 0 amide bonds. The zero-order valence-corrected chi connectivity index (χ0v) is 10.3. The summed E-state index contributed by atoms with van der Waals surface area (Å²) >= 11 is 0. The summed E-state index contributed by atoms with van der Waals surface area (Å²) in [5.41, 5.74) is 2.48. The Morgan fingerprint density at radius 2 is 2.00 bits per heavy atom. The predicted molar refractivity (Wildman–Crippen MR) is 69.7 cm³/mol. The Labute approximate surface area is 103 Å². The highest BCUT2D eigenvalue weighted by Crippen LogP contribution is 2.14. The lowest BCUT2D eigenvalue weighted by atomic mass is 10.1. The molecule has 0 aromatic heterocycles. The molecule has 0 saturated carbocycles. The molecule has 2 nitrogen and oxygen atoms in total. The number of carbonyl (C=O) groups excluding carboxylic acids is 1. The molecule has 1 aliphatic rings. The maximum Gasteiger partial charge on any atom is 0.157 e. The third-order valence-electron chi connectivity index (χ3n) is 3.12. The van der Waals surface area contributed by atoms with Gasteiger partial charge in [-0.25, -0.2) is 0 Å². The molecule has 0 bridgehead atoms. The largest absolute Gasteiger partial charge is 0.386 e. The quantitative estimate of drug-likeness (QED) is 0.841. The van der Waals surface area contributed by atoms with Crippen LogP contribution in [0.3, 0.4) is 0 Å². The molecule has 90 valence electrons. The van der Waals surface area contributed by atoms with Crippen molar-refractivity contribution in [2.75, 3.05) is 0 Å². The molecule has 2 heteroatoms. The van der Waals surface area contributed by atoms with E-state index in [1.54, 1.807) is 6.08 Å². The van der Waals surface area contributed by atoms with Gasteiger partial charge in [0.2, 0.25) is 0 Å². The zero-order valence-electron chi connectivity index (χ0n) is 10.3. The standard InChI is InChI=1S/C15H19NO/c1-12(16-14-9-10-15(17)11-14)7-8-13-5-3-2-4-6-13/h2-6,11-12,16H,7-10H2,1H3. The van der Waals surface area contributed by atoms with Crippen molar-refractivity contribution in [1.29, 1.82) is 0 Å². The van der Waals surface area contributed by atoms with Crippen molar-refractivity contribution in [3.63, 3.8) is 0 Å². The van der Waals surface area contributed by atoms with Gasteiger partial charge in [-0.1, -0.05) is 30.3 Å². The molecule has 1 aliphatic carbocycles. The van der Waals surface area contributed by atoms with E-state index in [9.17, 15) is 4.79 Å². The minimum Gasteiger partial charge on any atom is -0.386 e. The maximum atomic E-state index is 11.1. The summed E-state index contributed by atoms with van der Waals surface area (Å²) in [5.74, 6) is 0.253. The van der Waals surface area contributed by atoms with Crippen molar-refractivity contribution in [2.45, 2.75) is 38.6 Å². The summed E-state index contributed by atoms with van der Waals surface area (Å²) in [6.07, 6.45) is 5.48. The monoisotopic (exact) mass is 229 g/mol. The fourth-order valence-electron chi connectivity index (χ4n) is 2.13. The number of rotatable bonds is 5. The van der Waals surface area contributed by atoms with Crippen LogP contribution in [0.5, 0.6) is 0 Å². The molecule has 0 radical (unpaired) electrons. The number of benzene rings is 1. The van der Waals surface area contributed by atoms with Crippen molar-refractivity contribution in [2.24, 2.45) is 0 Å². The Hall–Kier alpha value is -1.57. The second-order valence-electron chi connectivity index (χ2n) is 4.71. The lowest BCUT2D eigenvalue weighted by molar-refractivity contribution is -0.114. The van der Waals surface area contributed by atoms with Gasteiger partial charge in [0, 0.05) is 24.2 Å². The van der Waals surface area contributed by atoms with Crippen molar-refractivity contribution >= 4 is 5.78 Å². The molecule has 0 heterocycles. The average molecular weight is 229 g/mol. The summed E-state index contributed by atoms with van der Waals surface area (Å²) in [5, 5.41) is 3.42. The van der Waals surface area contributed by atoms with Gasteiger partial charge in [0.15, 0.2) is 5.78 Å². The van der Waals surface area contributed by atoms with E-state index in [0.717, 1.165) is 25.0 Å². The van der Waals surface area contributed by atoms with E-state index in [1.165, 1.54) is 5.56 Å². The average Bonchev–Trinajstić information content (AvgIpc) is 2.73. The maximum absolute atomic E-state index is 11.1. The summed E-state index contributed by atoms with van der Waals surface area (Å²) in [7, 11) is 0. The highest BCUT2D eigenvalue weighted by atomic mass is 16.1. The van der Waals surface area contributed by atoms with Gasteiger partial charge >= 0.3 is 0 Å². The van der Waals surface area contributed by atoms with Gasteiger partial charge in [-0.15, -0.1) is 0 Å². The molecule has 1 aromatic carbocycles. The van der Waals surface area contributed by atoms with Gasteiger partial charge < -0.3 is 5.32 Å². The van der Waals surface area contributed by atoms with Crippen LogP contribution in [0.2, 0.25) is 0 Å². The molecule has 0 spiro atoms. The smallest absolute Gasteiger partial charge is 0.157 e. The number of hydrogen-bond donors (Lipinski definition) is 1. The summed E-state index contributed by atoms with van der Waals surface area (Å²) in [6, 6.07) is 10.9. The molecule has 17 heavy (non-hydrogen) atoms. The molecule has 1 unspecified atom stereocenters. The molecular weight excluding hydrogens is 210 g/mol. The highest BCUT2D eigenvalue weighted by molar-refractivity contribution is 5.92. The summed E-state index contributed by atoms with van der Waals surface area (Å²) in [6.45, 7) is 2.17. The second kappa shape index (κ2) is 5.67. The van der Waals surface area contributed by atoms with Gasteiger partial charge in [-0.3, -0.25) is 4.79 Å². The van der Waals surface area contributed by atoms with Crippen LogP contribution in [0.1, 0.15) is 31.7 Å². The van der Waals surface area contributed by atoms with Gasteiger partial charge in [0.05, 0.1) is 0 Å². The van der Waals surface area contributed by atoms with Crippen molar-refractivity contribution in [1.82, 2.24) is 5.32 Å². The first-order chi connectivity index (χ1) is 8.24. The third-order valence-corrected chi connectivity index (χ3v) is 3.12. The van der Waals surface area contributed by atoms with E-state index < -0.39 is 0 Å². The van der Waals surface area contributed by atoms with Crippen molar-refractivity contribution in [3.8, 4) is 0 Å². The Kier molecular flexibility index (Phi) is 3.97. The fraction of sp³-hybridized carbons (Fsp3) is 0.400. The first kappa shape index (κ1) is 11.9. The lowest BCUT2D eigenvalue weighted by Gasteiger charge is -2.15. The normalized spacial score (nSPS) is 16.8. The van der Waals surface area contributed by atoms with E-state index in [0.29, 0.717) is 12.5 Å². The first-order valence-corrected chi connectivity index (χ1v) is 6.28. The molecule has 2 rings (SSSR count). The van der Waals surface area contributed by atoms with Crippen LogP contribution in [0.4, 0.5) is 0 Å². The molecule has 0 fully saturated rings. The lowest BCUT2D eigenvalue weighted by Crippen LogP contribution is -2.25. The first-order valence-electron chi connectivity index (χ1n) is 6.28. The summed E-state index contributed by atoms with van der Waals surface area (Å²) < 4.78 is 0. The van der Waals surface area contributed by atoms with Crippen LogP contribution in [-0.4, -0.2) is 11.8 Å². The molecule has 0 aliphatic heterocycles. The Morgan fingerprint density at radius 3 is 2.65 bits per heavy atom. The van der Waals surface area contributed by atoms with Gasteiger partial charge in [0.25, 0.3) is 0 Å². The van der Waals surface area contributed by atoms with E-state index in [4.69, 9.17) is 0 Å². The zero-order chi connectivity index (χ0) is 12.1. The van der Waals surface area contributed by atoms with Crippen LogP contribution in [-0.2, 0) is 11.2 Å². The van der Waals surface area contributed by atoms with Crippen LogP contribution in [0.25, 0.3) is 0 Å². The molecule has 0 saturated heterocycles. The number of carbonyl (C=O) groups is 1. The Balaban J connectivity index is 1.76. The Morgan fingerprint density at radius 1 is 1.24 bits per heavy atom. The number of nitrogens with one attached hydrogen (secondary N) is 1. The summed E-state index contributed by atoms with van der Waals surface area (Å²) in [4.78, 5) is 11.1. The van der Waals surface area contributed by atoms with E-state index in [-0.39, 0.29) is 5.78 Å². The highest BCUT2D eigenvalue weighted by Gasteiger charge is 2.13. The second-order valence-corrected chi connectivity index (χ2v) is 4.71. The van der Waals surface area contributed by atoms with Crippen LogP contribution in [0, 0.1) is 0 Å². The van der Waals surface area contributed by atoms with Crippen molar-refractivity contribution < 1.29 is 4.79 Å². The van der Waals surface area contributed by atoms with E-state index >= 15 is 0 Å². The van der Waals surface area contributed by atoms with Gasteiger partial charge in [0.1, 0.15) is 0 Å². The molecular formula is C15H19NO. The van der Waals surface area contributed by atoms with Crippen LogP contribution >= 0.6 is 0 Å². The van der Waals surface area contributed by atoms with Gasteiger partial charge in [-0.2, -0.15) is 0 Å². The molecule has 1 N–H and O–H groups in total. The van der Waals surface area contributed by atoms with Gasteiger partial charge in [-0.05, 0) is 31.7 Å². The minimum absolute atomic E-state index is 0.253. The minimum atomic E-state index is 0.253. The predicted octanol–water partition coefficient (Wildman–Crippen LogP) is 2.84. The van der Waals surface area contributed by atoms with E-state index in [1.807, 2.05) is 6.07 Å². The number of ketones is 1. The SMILES string of the molecule is CC(CCc1ccccc1)NC1=CC(=O)CC1. The number of hydrogen-bond acceptors (Lipinski definition) is 2. The van der Waals surface area contributed by atoms with Crippen LogP contribution in [0.15, 0.2) is 42.1 Å². The molecule has 1 atom stereocenters. The topological polar surface area (TPSA) is 29.1 Å². The third kappa shape index (κ3) is 3.74.